The number of piperidine rings is 1. The molecule has 0 bridgehead atoms. The molecule has 1 aliphatic heterocycles. The number of nitrogens with one attached hydrogen (secondary N) is 1. The molecule has 0 aromatic heterocycles. The summed E-state index contributed by atoms with van der Waals surface area (Å²) in [4.78, 5) is 2.45. The lowest BCUT2D eigenvalue weighted by Crippen LogP contribution is -2.37. The Morgan fingerprint density at radius 2 is 1.87 bits per heavy atom. The molecule has 1 saturated carbocycles. The average Bonchev–Trinajstić information content (AvgIpc) is 2.64. The summed E-state index contributed by atoms with van der Waals surface area (Å²) in [6, 6.07) is 0.833. The van der Waals surface area contributed by atoms with E-state index in [2.05, 4.69) is 24.2 Å². The van der Waals surface area contributed by atoms with Crippen molar-refractivity contribution < 1.29 is 0 Å². The highest BCUT2D eigenvalue weighted by molar-refractivity contribution is 4.80. The van der Waals surface area contributed by atoms with Gasteiger partial charge < -0.3 is 10.2 Å². The summed E-state index contributed by atoms with van der Waals surface area (Å²) in [6.45, 7) is 6.25. The molecule has 0 spiro atoms. The minimum absolute atomic E-state index is 0.833. The third-order valence-electron chi connectivity index (χ3n) is 4.23. The van der Waals surface area contributed by atoms with Crippen LogP contribution in [0.5, 0.6) is 0 Å². The standard InChI is InChI=1S/C13H26N2/c1-11-3-4-13(9-11)14-10-12-5-7-15(2)8-6-12/h11-14H,3-10H2,1-2H3. The van der Waals surface area contributed by atoms with Crippen LogP contribution in [0, 0.1) is 11.8 Å². The Hall–Kier alpha value is -0.0800. The smallest absolute Gasteiger partial charge is 0.00698 e. The van der Waals surface area contributed by atoms with Crippen LogP contribution >= 0.6 is 0 Å². The minimum atomic E-state index is 0.833. The van der Waals surface area contributed by atoms with Crippen molar-refractivity contribution in [1.82, 2.24) is 10.2 Å². The number of hydrogen-bond donors (Lipinski definition) is 1. The molecule has 88 valence electrons. The molecule has 2 fully saturated rings. The average molecular weight is 210 g/mol. The fourth-order valence-corrected chi connectivity index (χ4v) is 2.99. The van der Waals surface area contributed by atoms with Crippen LogP contribution in [0.2, 0.25) is 0 Å². The summed E-state index contributed by atoms with van der Waals surface area (Å²) in [5.41, 5.74) is 0. The molecule has 1 heterocycles. The van der Waals surface area contributed by atoms with Gasteiger partial charge in [0, 0.05) is 6.04 Å². The van der Waals surface area contributed by atoms with Gasteiger partial charge in [0.15, 0.2) is 0 Å². The molecule has 2 nitrogen and oxygen atoms in total. The first-order valence-electron chi connectivity index (χ1n) is 6.66. The number of hydrogen-bond acceptors (Lipinski definition) is 2. The van der Waals surface area contributed by atoms with Crippen LogP contribution in [0.4, 0.5) is 0 Å². The molecule has 2 aliphatic rings. The minimum Gasteiger partial charge on any atom is -0.314 e. The Balaban J connectivity index is 1.61. The van der Waals surface area contributed by atoms with E-state index in [4.69, 9.17) is 0 Å². The van der Waals surface area contributed by atoms with Crippen LogP contribution in [-0.4, -0.2) is 37.6 Å². The Labute approximate surface area is 94.4 Å². The van der Waals surface area contributed by atoms with Gasteiger partial charge in [0.25, 0.3) is 0 Å². The monoisotopic (exact) mass is 210 g/mol. The third-order valence-corrected chi connectivity index (χ3v) is 4.23. The summed E-state index contributed by atoms with van der Waals surface area (Å²) < 4.78 is 0. The van der Waals surface area contributed by atoms with Crippen LogP contribution in [0.1, 0.15) is 39.0 Å². The van der Waals surface area contributed by atoms with Crippen molar-refractivity contribution in [3.63, 3.8) is 0 Å². The topological polar surface area (TPSA) is 15.3 Å². The molecular weight excluding hydrogens is 184 g/mol. The van der Waals surface area contributed by atoms with Crippen LogP contribution in [0.3, 0.4) is 0 Å². The maximum absolute atomic E-state index is 3.78. The van der Waals surface area contributed by atoms with E-state index in [1.54, 1.807) is 0 Å². The molecule has 0 aromatic carbocycles. The zero-order valence-electron chi connectivity index (χ0n) is 10.3. The van der Waals surface area contributed by atoms with E-state index < -0.39 is 0 Å². The quantitative estimate of drug-likeness (QED) is 0.767. The molecule has 15 heavy (non-hydrogen) atoms. The first-order chi connectivity index (χ1) is 7.24. The lowest BCUT2D eigenvalue weighted by atomic mass is 9.97. The predicted octanol–water partition coefficient (Wildman–Crippen LogP) is 2.11. The fraction of sp³-hybridized carbons (Fsp3) is 1.00. The summed E-state index contributed by atoms with van der Waals surface area (Å²) in [6.07, 6.45) is 7.04. The van der Waals surface area contributed by atoms with Crippen molar-refractivity contribution >= 4 is 0 Å². The maximum atomic E-state index is 3.78. The van der Waals surface area contributed by atoms with Crippen molar-refractivity contribution in [1.29, 1.82) is 0 Å². The van der Waals surface area contributed by atoms with Gasteiger partial charge in [-0.1, -0.05) is 6.92 Å². The largest absolute Gasteiger partial charge is 0.314 e. The first kappa shape index (κ1) is 11.4. The molecule has 2 heteroatoms. The number of rotatable bonds is 3. The Bertz CT molecular complexity index is 185. The summed E-state index contributed by atoms with van der Waals surface area (Å²) in [5, 5.41) is 3.78. The van der Waals surface area contributed by atoms with Gasteiger partial charge in [-0.25, -0.2) is 0 Å². The lowest BCUT2D eigenvalue weighted by molar-refractivity contribution is 0.212. The summed E-state index contributed by atoms with van der Waals surface area (Å²) in [5.74, 6) is 1.90. The van der Waals surface area contributed by atoms with E-state index in [1.807, 2.05) is 0 Å². The lowest BCUT2D eigenvalue weighted by Gasteiger charge is -2.29. The van der Waals surface area contributed by atoms with Gasteiger partial charge in [0.1, 0.15) is 0 Å². The molecule has 2 unspecified atom stereocenters. The summed E-state index contributed by atoms with van der Waals surface area (Å²) >= 11 is 0. The highest BCUT2D eigenvalue weighted by Crippen LogP contribution is 2.25. The second-order valence-electron chi connectivity index (χ2n) is 5.77. The number of likely N-dealkylation sites (tertiary alicyclic amines) is 1. The van der Waals surface area contributed by atoms with E-state index in [0.29, 0.717) is 0 Å². The highest BCUT2D eigenvalue weighted by atomic mass is 15.1. The number of nitrogens with zero attached hydrogens (tertiary/aromatic N) is 1. The highest BCUT2D eigenvalue weighted by Gasteiger charge is 2.22. The van der Waals surface area contributed by atoms with E-state index in [9.17, 15) is 0 Å². The maximum Gasteiger partial charge on any atom is 0.00698 e. The van der Waals surface area contributed by atoms with Gasteiger partial charge in [-0.3, -0.25) is 0 Å². The molecule has 1 saturated heterocycles. The van der Waals surface area contributed by atoms with Crippen LogP contribution in [-0.2, 0) is 0 Å². The van der Waals surface area contributed by atoms with Crippen molar-refractivity contribution in [2.24, 2.45) is 11.8 Å². The van der Waals surface area contributed by atoms with E-state index >= 15 is 0 Å². The van der Waals surface area contributed by atoms with E-state index in [0.717, 1.165) is 17.9 Å². The Morgan fingerprint density at radius 1 is 1.13 bits per heavy atom. The van der Waals surface area contributed by atoms with Crippen molar-refractivity contribution in [2.45, 2.75) is 45.1 Å². The summed E-state index contributed by atoms with van der Waals surface area (Å²) in [7, 11) is 2.24. The van der Waals surface area contributed by atoms with Crippen molar-refractivity contribution in [3.05, 3.63) is 0 Å². The molecule has 0 radical (unpaired) electrons. The van der Waals surface area contributed by atoms with Gasteiger partial charge in [0.2, 0.25) is 0 Å². The molecule has 2 atom stereocenters. The van der Waals surface area contributed by atoms with E-state index in [-0.39, 0.29) is 0 Å². The van der Waals surface area contributed by atoms with Crippen LogP contribution in [0.15, 0.2) is 0 Å². The molecule has 1 aliphatic carbocycles. The normalized spacial score (nSPS) is 34.8. The third kappa shape index (κ3) is 3.46. The van der Waals surface area contributed by atoms with Gasteiger partial charge in [-0.2, -0.15) is 0 Å². The SMILES string of the molecule is CC1CCC(NCC2CCN(C)CC2)C1. The zero-order chi connectivity index (χ0) is 10.7. The molecule has 2 rings (SSSR count). The van der Waals surface area contributed by atoms with E-state index in [1.165, 1.54) is 51.7 Å². The second-order valence-corrected chi connectivity index (χ2v) is 5.77. The van der Waals surface area contributed by atoms with Crippen LogP contribution in [0.25, 0.3) is 0 Å². The predicted molar refractivity (Wildman–Crippen MR) is 65.0 cm³/mol. The second kappa shape index (κ2) is 5.31. The molecule has 1 N–H and O–H groups in total. The van der Waals surface area contributed by atoms with Crippen molar-refractivity contribution in [2.75, 3.05) is 26.7 Å². The molecular formula is C13H26N2. The first-order valence-corrected chi connectivity index (χ1v) is 6.66. The van der Waals surface area contributed by atoms with Crippen LogP contribution < -0.4 is 5.32 Å². The Kier molecular flexibility index (Phi) is 4.04. The van der Waals surface area contributed by atoms with Gasteiger partial charge in [-0.05, 0) is 70.6 Å². The van der Waals surface area contributed by atoms with Gasteiger partial charge in [0.05, 0.1) is 0 Å². The van der Waals surface area contributed by atoms with Gasteiger partial charge >= 0.3 is 0 Å². The Morgan fingerprint density at radius 3 is 2.47 bits per heavy atom. The fourth-order valence-electron chi connectivity index (χ4n) is 2.99. The zero-order valence-corrected chi connectivity index (χ0v) is 10.3. The molecule has 0 aromatic rings. The van der Waals surface area contributed by atoms with Crippen molar-refractivity contribution in [3.8, 4) is 0 Å². The molecule has 0 amide bonds. The van der Waals surface area contributed by atoms with Gasteiger partial charge in [-0.15, -0.1) is 0 Å².